The molecular formula is C54H46N10. The van der Waals surface area contributed by atoms with Gasteiger partial charge < -0.3 is 4.40 Å². The Morgan fingerprint density at radius 3 is 1.23 bits per heavy atom. The van der Waals surface area contributed by atoms with Gasteiger partial charge in [0.15, 0.2) is 0 Å². The number of aromatic nitrogens is 10. The van der Waals surface area contributed by atoms with Crippen LogP contribution in [-0.4, -0.2) is 47.5 Å². The van der Waals surface area contributed by atoms with Crippen molar-refractivity contribution in [2.75, 3.05) is 0 Å². The largest absolute Gasteiger partial charge is 0.304 e. The summed E-state index contributed by atoms with van der Waals surface area (Å²) < 4.78 is 8.26. The van der Waals surface area contributed by atoms with Crippen LogP contribution in [-0.2, 0) is 0 Å². The molecule has 312 valence electrons. The minimum atomic E-state index is 0.749. The highest BCUT2D eigenvalue weighted by Crippen LogP contribution is 2.26. The van der Waals surface area contributed by atoms with E-state index in [1.165, 1.54) is 28.1 Å². The van der Waals surface area contributed by atoms with Crippen molar-refractivity contribution < 1.29 is 0 Å². The van der Waals surface area contributed by atoms with Crippen molar-refractivity contribution >= 4 is 22.8 Å². The second kappa shape index (κ2) is 18.6. The molecule has 0 unspecified atom stereocenters. The number of fused-ring (bicyclic) bond motifs is 4. The monoisotopic (exact) mass is 834 g/mol. The predicted octanol–water partition coefficient (Wildman–Crippen LogP) is 12.0. The molecule has 8 heterocycles. The lowest BCUT2D eigenvalue weighted by Crippen LogP contribution is -1.89. The summed E-state index contributed by atoms with van der Waals surface area (Å²) in [4.78, 5) is 26.7. The van der Waals surface area contributed by atoms with E-state index >= 15 is 0 Å². The van der Waals surface area contributed by atoms with Crippen molar-refractivity contribution in [3.05, 3.63) is 230 Å². The summed E-state index contributed by atoms with van der Waals surface area (Å²) in [5.74, 6) is 1.50. The van der Waals surface area contributed by atoms with Gasteiger partial charge >= 0.3 is 0 Å². The Morgan fingerprint density at radius 1 is 0.312 bits per heavy atom. The third-order valence-electron chi connectivity index (χ3n) is 10.9. The topological polar surface area (TPSA) is 95.0 Å². The number of imidazole rings is 4. The molecule has 0 fully saturated rings. The molecular weight excluding hydrogens is 789 g/mol. The van der Waals surface area contributed by atoms with Crippen molar-refractivity contribution in [2.45, 2.75) is 27.7 Å². The van der Waals surface area contributed by atoms with Crippen LogP contribution >= 0.6 is 0 Å². The Balaban J connectivity index is 0.000000108. The number of hydrogen-bond acceptors (Lipinski definition) is 6. The molecule has 0 saturated carbocycles. The van der Waals surface area contributed by atoms with Gasteiger partial charge in [-0.15, -0.1) is 0 Å². The lowest BCUT2D eigenvalue weighted by Gasteiger charge is -2.02. The molecule has 0 N–H and O–H groups in total. The van der Waals surface area contributed by atoms with E-state index in [9.17, 15) is 0 Å². The van der Waals surface area contributed by atoms with E-state index in [0.717, 1.165) is 62.6 Å². The third kappa shape index (κ3) is 8.53. The van der Waals surface area contributed by atoms with Crippen LogP contribution in [0.15, 0.2) is 207 Å². The van der Waals surface area contributed by atoms with E-state index in [4.69, 9.17) is 0 Å². The minimum Gasteiger partial charge on any atom is -0.304 e. The number of rotatable bonds is 4. The summed E-state index contributed by atoms with van der Waals surface area (Å²) in [6.07, 6.45) is 11.6. The standard InChI is InChI=1S/2C14H12N2.2C13H11N3/c1-11-14(12-7-3-2-4-8-12)15-13-9-5-6-10-16(11)13;1-11-14(12-7-3-2-4-8-12)16-10-6-5-9-13(16)15-11;1-10-12(11-6-3-2-4-7-11)15-13-14-8-5-9-16(10)13;1-10-12(11-6-3-2-4-7-11)16-9-5-8-14-13(16)15-10/h2*2-10H,1H3;2*2-9H,1H3. The zero-order valence-electron chi connectivity index (χ0n) is 36.1. The summed E-state index contributed by atoms with van der Waals surface area (Å²) in [6.45, 7) is 8.22. The van der Waals surface area contributed by atoms with Gasteiger partial charge in [-0.1, -0.05) is 133 Å². The molecule has 0 aliphatic rings. The van der Waals surface area contributed by atoms with Gasteiger partial charge in [-0.2, -0.15) is 0 Å². The number of pyridine rings is 2. The average molecular weight is 835 g/mol. The lowest BCUT2D eigenvalue weighted by atomic mass is 10.1. The van der Waals surface area contributed by atoms with Crippen LogP contribution in [0.4, 0.5) is 0 Å². The van der Waals surface area contributed by atoms with Crippen molar-refractivity contribution in [2.24, 2.45) is 0 Å². The molecule has 4 aromatic carbocycles. The van der Waals surface area contributed by atoms with Crippen molar-refractivity contribution in [1.29, 1.82) is 0 Å². The van der Waals surface area contributed by atoms with E-state index in [1.54, 1.807) is 12.4 Å². The molecule has 0 saturated heterocycles. The number of nitrogens with zero attached hydrogens (tertiary/aromatic N) is 10. The Bertz CT molecular complexity index is 3180. The molecule has 0 atom stereocenters. The third-order valence-corrected chi connectivity index (χ3v) is 10.9. The lowest BCUT2D eigenvalue weighted by molar-refractivity contribution is 1.06. The first-order valence-corrected chi connectivity index (χ1v) is 21.1. The molecule has 10 nitrogen and oxygen atoms in total. The zero-order valence-corrected chi connectivity index (χ0v) is 36.1. The molecule has 64 heavy (non-hydrogen) atoms. The van der Waals surface area contributed by atoms with Crippen LogP contribution < -0.4 is 0 Å². The maximum atomic E-state index is 4.65. The van der Waals surface area contributed by atoms with Gasteiger partial charge in [0.05, 0.1) is 34.2 Å². The molecule has 0 bridgehead atoms. The highest BCUT2D eigenvalue weighted by atomic mass is 15.1. The Labute approximate surface area is 371 Å². The maximum Gasteiger partial charge on any atom is 0.234 e. The predicted molar refractivity (Wildman–Crippen MR) is 257 cm³/mol. The second-order valence-corrected chi connectivity index (χ2v) is 15.1. The van der Waals surface area contributed by atoms with Gasteiger partial charge in [0.2, 0.25) is 11.6 Å². The summed E-state index contributed by atoms with van der Waals surface area (Å²) in [5, 5.41) is 0. The Hall–Kier alpha value is -8.50. The Morgan fingerprint density at radius 2 is 0.703 bits per heavy atom. The second-order valence-electron chi connectivity index (χ2n) is 15.1. The van der Waals surface area contributed by atoms with Gasteiger partial charge in [-0.3, -0.25) is 13.2 Å². The molecule has 0 amide bonds. The van der Waals surface area contributed by atoms with Gasteiger partial charge in [-0.05, 0) is 64.1 Å². The maximum absolute atomic E-state index is 4.65. The fourth-order valence-corrected chi connectivity index (χ4v) is 7.86. The highest BCUT2D eigenvalue weighted by Gasteiger charge is 2.13. The van der Waals surface area contributed by atoms with Crippen molar-refractivity contribution in [3.63, 3.8) is 0 Å². The van der Waals surface area contributed by atoms with E-state index < -0.39 is 0 Å². The molecule has 10 heteroatoms. The summed E-state index contributed by atoms with van der Waals surface area (Å²) >= 11 is 0. The van der Waals surface area contributed by atoms with E-state index in [-0.39, 0.29) is 0 Å². The number of hydrogen-bond donors (Lipinski definition) is 0. The quantitative estimate of drug-likeness (QED) is 0.175. The van der Waals surface area contributed by atoms with Gasteiger partial charge in [0, 0.05) is 70.8 Å². The molecule has 0 spiro atoms. The van der Waals surface area contributed by atoms with Crippen molar-refractivity contribution in [3.8, 4) is 45.0 Å². The van der Waals surface area contributed by atoms with Crippen molar-refractivity contribution in [1.82, 2.24) is 47.5 Å². The molecule has 0 aliphatic carbocycles. The summed E-state index contributed by atoms with van der Waals surface area (Å²) in [5.41, 5.74) is 15.4. The summed E-state index contributed by atoms with van der Waals surface area (Å²) in [6, 6.07) is 57.0. The van der Waals surface area contributed by atoms with Crippen LogP contribution in [0.2, 0.25) is 0 Å². The number of benzene rings is 4. The van der Waals surface area contributed by atoms with Crippen LogP contribution in [0, 0.1) is 27.7 Å². The van der Waals surface area contributed by atoms with Crippen LogP contribution in [0.3, 0.4) is 0 Å². The number of aryl methyl sites for hydroxylation is 4. The first kappa shape index (κ1) is 40.9. The normalized spacial score (nSPS) is 10.8. The molecule has 0 aliphatic heterocycles. The first-order chi connectivity index (χ1) is 31.4. The fourth-order valence-electron chi connectivity index (χ4n) is 7.86. The van der Waals surface area contributed by atoms with E-state index in [2.05, 4.69) is 126 Å². The van der Waals surface area contributed by atoms with E-state index in [1.807, 2.05) is 144 Å². The molecule has 0 radical (unpaired) electrons. The van der Waals surface area contributed by atoms with Crippen LogP contribution in [0.5, 0.6) is 0 Å². The smallest absolute Gasteiger partial charge is 0.234 e. The van der Waals surface area contributed by atoms with Gasteiger partial charge in [0.1, 0.15) is 11.3 Å². The molecule has 12 aromatic rings. The average Bonchev–Trinajstić information content (AvgIpc) is 4.09. The SMILES string of the molecule is Cc1c(-c2ccccc2)nc2ccccn12.Cc1c(-c2ccccc2)nc2ncccn12.Cc1nc2ccccn2c1-c1ccccc1.Cc1nc2ncccn2c1-c1ccccc1. The van der Waals surface area contributed by atoms with Crippen LogP contribution in [0.25, 0.3) is 67.9 Å². The zero-order chi connectivity index (χ0) is 43.8. The fraction of sp³-hybridized carbons (Fsp3) is 0.0741. The summed E-state index contributed by atoms with van der Waals surface area (Å²) in [7, 11) is 0. The first-order valence-electron chi connectivity index (χ1n) is 21.1. The van der Waals surface area contributed by atoms with Gasteiger partial charge in [-0.25, -0.2) is 29.9 Å². The minimum absolute atomic E-state index is 0.749. The molecule has 8 aromatic heterocycles. The Kier molecular flexibility index (Phi) is 11.9. The molecule has 12 rings (SSSR count). The van der Waals surface area contributed by atoms with Crippen LogP contribution in [0.1, 0.15) is 22.8 Å². The van der Waals surface area contributed by atoms with Gasteiger partial charge in [0.25, 0.3) is 0 Å². The highest BCUT2D eigenvalue weighted by molar-refractivity contribution is 5.69. The van der Waals surface area contributed by atoms with E-state index in [0.29, 0.717) is 0 Å².